The maximum absolute atomic E-state index is 11.2. The number of H-pyrrole nitrogens is 1. The predicted molar refractivity (Wildman–Crippen MR) is 96.2 cm³/mol. The van der Waals surface area contributed by atoms with Crippen molar-refractivity contribution in [2.45, 2.75) is 6.92 Å². The van der Waals surface area contributed by atoms with E-state index in [4.69, 9.17) is 0 Å². The number of aromatic amines is 1. The summed E-state index contributed by atoms with van der Waals surface area (Å²) in [6, 6.07) is 16.5. The Morgan fingerprint density at radius 3 is 2.52 bits per heavy atom. The Bertz CT molecular complexity index is 1090. The molecular weight excluding hydrogens is 316 g/mol. The molecule has 2 aromatic heterocycles. The maximum Gasteiger partial charge on any atom is 0.270 e. The molecule has 0 fully saturated rings. The van der Waals surface area contributed by atoms with Crippen LogP contribution in [-0.4, -0.2) is 20.1 Å². The van der Waals surface area contributed by atoms with Gasteiger partial charge in [0.2, 0.25) is 0 Å². The smallest absolute Gasteiger partial charge is 0.270 e. The number of hydrogen-bond acceptors (Lipinski definition) is 4. The van der Waals surface area contributed by atoms with E-state index in [9.17, 15) is 10.1 Å². The molecule has 0 aliphatic carbocycles. The fourth-order valence-corrected chi connectivity index (χ4v) is 2.93. The third-order valence-corrected chi connectivity index (χ3v) is 4.19. The first-order chi connectivity index (χ1) is 12.1. The third kappa shape index (κ3) is 2.63. The van der Waals surface area contributed by atoms with Crippen LogP contribution < -0.4 is 0 Å². The van der Waals surface area contributed by atoms with E-state index in [0.29, 0.717) is 5.52 Å². The molecule has 6 heteroatoms. The highest BCUT2D eigenvalue weighted by atomic mass is 16.6. The van der Waals surface area contributed by atoms with Gasteiger partial charge < -0.3 is 0 Å². The molecule has 0 radical (unpaired) electrons. The minimum Gasteiger partial charge on any atom is -0.282 e. The maximum atomic E-state index is 11.2. The van der Waals surface area contributed by atoms with Crippen molar-refractivity contribution in [2.75, 3.05) is 0 Å². The van der Waals surface area contributed by atoms with Crippen molar-refractivity contribution in [3.63, 3.8) is 0 Å². The lowest BCUT2D eigenvalue weighted by Crippen LogP contribution is -1.93. The van der Waals surface area contributed by atoms with E-state index in [1.807, 2.05) is 43.3 Å². The third-order valence-electron chi connectivity index (χ3n) is 4.19. The van der Waals surface area contributed by atoms with Gasteiger partial charge in [-0.2, -0.15) is 5.10 Å². The van der Waals surface area contributed by atoms with Crippen LogP contribution in [0.2, 0.25) is 0 Å². The summed E-state index contributed by atoms with van der Waals surface area (Å²) in [5, 5.41) is 18.9. The van der Waals surface area contributed by atoms with E-state index >= 15 is 0 Å². The molecule has 6 nitrogen and oxygen atoms in total. The number of nitro groups is 1. The quantitative estimate of drug-likeness (QED) is 0.442. The molecule has 0 bridgehead atoms. The highest BCUT2D eigenvalue weighted by molar-refractivity contribution is 5.97. The Hall–Kier alpha value is -3.54. The number of aromatic nitrogens is 3. The number of nitro benzene ring substituents is 1. The summed E-state index contributed by atoms with van der Waals surface area (Å²) in [7, 11) is 0. The summed E-state index contributed by atoms with van der Waals surface area (Å²) in [5.74, 6) is 0. The molecule has 0 amide bonds. The zero-order valence-electron chi connectivity index (χ0n) is 13.4. The molecule has 25 heavy (non-hydrogen) atoms. The van der Waals surface area contributed by atoms with E-state index < -0.39 is 0 Å². The van der Waals surface area contributed by atoms with E-state index in [1.165, 1.54) is 6.07 Å². The van der Waals surface area contributed by atoms with Crippen molar-refractivity contribution in [2.24, 2.45) is 0 Å². The first-order valence-electron chi connectivity index (χ1n) is 7.78. The Labute approximate surface area is 143 Å². The summed E-state index contributed by atoms with van der Waals surface area (Å²) >= 11 is 0. The molecule has 4 rings (SSSR count). The molecular formula is C19H14N4O2. The number of fused-ring (bicyclic) bond motifs is 1. The average Bonchev–Trinajstić information content (AvgIpc) is 3.07. The van der Waals surface area contributed by atoms with Crippen molar-refractivity contribution >= 4 is 16.6 Å². The summed E-state index contributed by atoms with van der Waals surface area (Å²) in [6.45, 7) is 1.94. The van der Waals surface area contributed by atoms with E-state index in [-0.39, 0.29) is 10.6 Å². The fourth-order valence-electron chi connectivity index (χ4n) is 2.93. The molecule has 4 aromatic rings. The molecule has 2 heterocycles. The van der Waals surface area contributed by atoms with Crippen LogP contribution in [0.15, 0.2) is 60.8 Å². The molecule has 0 aliphatic heterocycles. The average molecular weight is 330 g/mol. The van der Waals surface area contributed by atoms with Gasteiger partial charge in [0.25, 0.3) is 5.69 Å². The van der Waals surface area contributed by atoms with Gasteiger partial charge in [0.05, 0.1) is 22.3 Å². The monoisotopic (exact) mass is 330 g/mol. The van der Waals surface area contributed by atoms with Gasteiger partial charge in [0, 0.05) is 28.8 Å². The Balaban J connectivity index is 2.05. The Kier molecular flexibility index (Phi) is 3.50. The number of pyridine rings is 1. The van der Waals surface area contributed by atoms with Crippen molar-refractivity contribution in [1.82, 2.24) is 15.2 Å². The second-order valence-corrected chi connectivity index (χ2v) is 5.79. The van der Waals surface area contributed by atoms with E-state index in [0.717, 1.165) is 33.5 Å². The molecule has 0 spiro atoms. The van der Waals surface area contributed by atoms with Crippen molar-refractivity contribution in [1.29, 1.82) is 0 Å². The highest BCUT2D eigenvalue weighted by Crippen LogP contribution is 2.34. The Morgan fingerprint density at radius 2 is 1.84 bits per heavy atom. The molecule has 0 unspecified atom stereocenters. The Morgan fingerprint density at radius 1 is 1.04 bits per heavy atom. The van der Waals surface area contributed by atoms with Crippen LogP contribution in [0.4, 0.5) is 5.69 Å². The lowest BCUT2D eigenvalue weighted by Gasteiger charge is -2.10. The molecule has 122 valence electrons. The zero-order valence-corrected chi connectivity index (χ0v) is 13.4. The molecule has 2 aromatic carbocycles. The predicted octanol–water partition coefficient (Wildman–Crippen LogP) is 4.51. The second-order valence-electron chi connectivity index (χ2n) is 5.79. The summed E-state index contributed by atoms with van der Waals surface area (Å²) in [6.07, 6.45) is 1.74. The lowest BCUT2D eigenvalue weighted by atomic mass is 9.98. The van der Waals surface area contributed by atoms with E-state index in [2.05, 4.69) is 15.2 Å². The van der Waals surface area contributed by atoms with Gasteiger partial charge in [0.15, 0.2) is 0 Å². The van der Waals surface area contributed by atoms with Gasteiger partial charge in [-0.05, 0) is 30.2 Å². The van der Waals surface area contributed by atoms with E-state index in [1.54, 1.807) is 18.3 Å². The van der Waals surface area contributed by atoms with Crippen molar-refractivity contribution in [3.8, 4) is 22.4 Å². The topological polar surface area (TPSA) is 84.7 Å². The number of rotatable bonds is 3. The minimum absolute atomic E-state index is 0.0544. The molecule has 0 saturated carbocycles. The summed E-state index contributed by atoms with van der Waals surface area (Å²) in [4.78, 5) is 15.5. The summed E-state index contributed by atoms with van der Waals surface area (Å²) in [5.41, 5.74) is 5.28. The van der Waals surface area contributed by atoms with Crippen molar-refractivity contribution in [3.05, 3.63) is 76.6 Å². The normalized spacial score (nSPS) is 10.9. The minimum atomic E-state index is -0.387. The van der Waals surface area contributed by atoms with Gasteiger partial charge in [-0.15, -0.1) is 0 Å². The first-order valence-corrected chi connectivity index (χ1v) is 7.78. The van der Waals surface area contributed by atoms with Crippen LogP contribution in [0.25, 0.3) is 33.3 Å². The van der Waals surface area contributed by atoms with Crippen LogP contribution in [0.1, 0.15) is 5.69 Å². The number of nitrogens with zero attached hydrogens (tertiary/aromatic N) is 3. The molecule has 0 aliphatic rings. The van der Waals surface area contributed by atoms with Crippen molar-refractivity contribution < 1.29 is 4.92 Å². The van der Waals surface area contributed by atoms with Crippen LogP contribution in [-0.2, 0) is 0 Å². The first kappa shape index (κ1) is 15.0. The number of non-ortho nitro benzene ring substituents is 1. The van der Waals surface area contributed by atoms with Crippen LogP contribution >= 0.6 is 0 Å². The lowest BCUT2D eigenvalue weighted by molar-refractivity contribution is -0.384. The zero-order chi connectivity index (χ0) is 17.4. The van der Waals surface area contributed by atoms with Gasteiger partial charge >= 0.3 is 0 Å². The number of aryl methyl sites for hydroxylation is 1. The fraction of sp³-hybridized carbons (Fsp3) is 0.0526. The van der Waals surface area contributed by atoms with Gasteiger partial charge in [-0.3, -0.25) is 15.2 Å². The molecule has 1 N–H and O–H groups in total. The number of hydrogen-bond donors (Lipinski definition) is 1. The van der Waals surface area contributed by atoms with Crippen LogP contribution in [0.3, 0.4) is 0 Å². The number of nitrogens with one attached hydrogen (secondary N) is 1. The van der Waals surface area contributed by atoms with Gasteiger partial charge in [0.1, 0.15) is 0 Å². The molecule has 0 saturated heterocycles. The standard InChI is InChI=1S/C19H14N4O2/c1-12-17(11-20-22-12)19-10-15(13-5-3-2-4-6-13)16-9-14(23(24)25)7-8-18(16)21-19/h2-11H,1H3,(H,20,22). The summed E-state index contributed by atoms with van der Waals surface area (Å²) < 4.78 is 0. The second kappa shape index (κ2) is 5.83. The van der Waals surface area contributed by atoms with Gasteiger partial charge in [-0.25, -0.2) is 4.98 Å². The SMILES string of the molecule is Cc1[nH]ncc1-c1cc(-c2ccccc2)c2cc([N+](=O)[O-])ccc2n1. The van der Waals surface area contributed by atoms with Gasteiger partial charge in [-0.1, -0.05) is 30.3 Å². The highest BCUT2D eigenvalue weighted by Gasteiger charge is 2.15. The largest absolute Gasteiger partial charge is 0.282 e. The number of benzene rings is 2. The van der Waals surface area contributed by atoms with Crippen LogP contribution in [0, 0.1) is 17.0 Å². The van der Waals surface area contributed by atoms with Crippen LogP contribution in [0.5, 0.6) is 0 Å². The molecule has 0 atom stereocenters.